The van der Waals surface area contributed by atoms with Crippen molar-refractivity contribution in [2.24, 2.45) is 0 Å². The molecule has 4 rings (SSSR count). The molecule has 2 heterocycles. The Hall–Kier alpha value is -2.68. The average molecular weight is 490 g/mol. The van der Waals surface area contributed by atoms with E-state index in [1.54, 1.807) is 25.6 Å². The molecule has 1 aromatic heterocycles. The van der Waals surface area contributed by atoms with Gasteiger partial charge >= 0.3 is 0 Å². The second kappa shape index (κ2) is 11.2. The highest BCUT2D eigenvalue weighted by molar-refractivity contribution is 6.31. The maximum Gasteiger partial charge on any atom is 0.289 e. The van der Waals surface area contributed by atoms with Gasteiger partial charge in [-0.15, -0.1) is 0 Å². The van der Waals surface area contributed by atoms with Crippen LogP contribution in [0.15, 0.2) is 36.7 Å². The first-order valence-electron chi connectivity index (χ1n) is 11.5. The molecule has 0 amide bonds. The number of aromatic nitrogens is 2. The summed E-state index contributed by atoms with van der Waals surface area (Å²) >= 11 is 5.97. The number of halogens is 2. The third-order valence-electron chi connectivity index (χ3n) is 5.85. The highest BCUT2D eigenvalue weighted by atomic mass is 35.5. The Labute approximate surface area is 204 Å². The van der Waals surface area contributed by atoms with E-state index in [0.29, 0.717) is 29.6 Å². The van der Waals surface area contributed by atoms with Crippen LogP contribution in [0, 0.1) is 5.82 Å². The maximum atomic E-state index is 13.6. The van der Waals surface area contributed by atoms with Gasteiger partial charge in [-0.2, -0.15) is 0 Å². The van der Waals surface area contributed by atoms with Crippen molar-refractivity contribution in [1.29, 1.82) is 0 Å². The molecule has 0 spiro atoms. The van der Waals surface area contributed by atoms with Crippen LogP contribution in [-0.4, -0.2) is 56.4 Å². The lowest BCUT2D eigenvalue weighted by Gasteiger charge is -2.26. The van der Waals surface area contributed by atoms with Crippen LogP contribution < -0.4 is 19.4 Å². The Balaban J connectivity index is 1.61. The van der Waals surface area contributed by atoms with Crippen LogP contribution in [0.5, 0.6) is 11.5 Å². The molecule has 182 valence electrons. The standard InChI is InChI=1S/C25H30ClFN4O3/c1-17(2)31-16-28-25(29-18-5-6-21(27)20(26)13-18)19-14-24(23(32-3)15-22(19)31)34-10-4-7-30-8-11-33-12-9-30/h5-6,13-17H,4,7-12H2,1-3H3/p+1. The molecule has 0 bridgehead atoms. The van der Waals surface area contributed by atoms with Gasteiger partial charge in [0.2, 0.25) is 0 Å². The van der Waals surface area contributed by atoms with Gasteiger partial charge < -0.3 is 19.5 Å². The minimum Gasteiger partial charge on any atom is -0.493 e. The van der Waals surface area contributed by atoms with Crippen molar-refractivity contribution in [2.75, 3.05) is 51.9 Å². The van der Waals surface area contributed by atoms with Crippen LogP contribution in [0.4, 0.5) is 15.9 Å². The summed E-state index contributed by atoms with van der Waals surface area (Å²) in [4.78, 5) is 7.01. The van der Waals surface area contributed by atoms with E-state index in [1.165, 1.54) is 6.07 Å². The Morgan fingerprint density at radius 1 is 1.21 bits per heavy atom. The molecule has 2 aromatic carbocycles. The molecular weight excluding hydrogens is 459 g/mol. The summed E-state index contributed by atoms with van der Waals surface area (Å²) in [5.41, 5.74) is 1.59. The number of morpholine rings is 1. The molecule has 1 N–H and O–H groups in total. The molecule has 0 unspecified atom stereocenters. The Kier molecular flexibility index (Phi) is 8.03. The van der Waals surface area contributed by atoms with Crippen molar-refractivity contribution < 1.29 is 23.2 Å². The van der Waals surface area contributed by atoms with E-state index < -0.39 is 5.82 Å². The number of nitrogens with zero attached hydrogens (tertiary/aromatic N) is 3. The Morgan fingerprint density at radius 2 is 2.00 bits per heavy atom. The largest absolute Gasteiger partial charge is 0.493 e. The molecule has 0 radical (unpaired) electrons. The Bertz CT molecular complexity index is 1140. The predicted octanol–water partition coefficient (Wildman–Crippen LogP) is 4.75. The van der Waals surface area contributed by atoms with Crippen molar-refractivity contribution >= 4 is 34.0 Å². The first-order valence-corrected chi connectivity index (χ1v) is 11.9. The third-order valence-corrected chi connectivity index (χ3v) is 6.13. The smallest absolute Gasteiger partial charge is 0.289 e. The molecule has 0 atom stereocenters. The quantitative estimate of drug-likeness (QED) is 0.346. The minimum atomic E-state index is -0.465. The lowest BCUT2D eigenvalue weighted by molar-refractivity contribution is -0.694. The fourth-order valence-electron chi connectivity index (χ4n) is 3.99. The number of nitrogens with one attached hydrogen (secondary N) is 1. The maximum absolute atomic E-state index is 13.6. The summed E-state index contributed by atoms with van der Waals surface area (Å²) in [7, 11) is 1.64. The number of ether oxygens (including phenoxy) is 3. The minimum absolute atomic E-state index is 0.0495. The second-order valence-corrected chi connectivity index (χ2v) is 8.93. The fraction of sp³-hybridized carbons (Fsp3) is 0.440. The van der Waals surface area contributed by atoms with Crippen LogP contribution in [-0.2, 0) is 4.74 Å². The SMILES string of the molecule is COc1cc2c(cc1OCCCN1CCOCC1)c(Nc1ccc(F)c(Cl)c1)nc[n+]2C(C)C. The molecule has 3 aromatic rings. The molecule has 34 heavy (non-hydrogen) atoms. The number of fused-ring (bicyclic) bond motifs is 1. The first kappa shape index (κ1) is 24.4. The van der Waals surface area contributed by atoms with Gasteiger partial charge in [0.15, 0.2) is 11.5 Å². The second-order valence-electron chi connectivity index (χ2n) is 8.52. The van der Waals surface area contributed by atoms with Crippen LogP contribution in [0.1, 0.15) is 26.3 Å². The van der Waals surface area contributed by atoms with Crippen LogP contribution >= 0.6 is 11.6 Å². The molecule has 0 aliphatic carbocycles. The van der Waals surface area contributed by atoms with Gasteiger partial charge in [0, 0.05) is 37.5 Å². The van der Waals surface area contributed by atoms with Gasteiger partial charge in [0.05, 0.1) is 43.4 Å². The monoisotopic (exact) mass is 489 g/mol. The van der Waals surface area contributed by atoms with Crippen molar-refractivity contribution in [3.63, 3.8) is 0 Å². The molecule has 1 saturated heterocycles. The van der Waals surface area contributed by atoms with E-state index >= 15 is 0 Å². The third kappa shape index (κ3) is 5.68. The topological polar surface area (TPSA) is 59.7 Å². The Morgan fingerprint density at radius 3 is 2.71 bits per heavy atom. The summed E-state index contributed by atoms with van der Waals surface area (Å²) in [6, 6.07) is 8.61. The predicted molar refractivity (Wildman–Crippen MR) is 131 cm³/mol. The van der Waals surface area contributed by atoms with E-state index in [-0.39, 0.29) is 11.1 Å². The lowest BCUT2D eigenvalue weighted by atomic mass is 10.1. The van der Waals surface area contributed by atoms with Crippen LogP contribution in [0.25, 0.3) is 10.9 Å². The van der Waals surface area contributed by atoms with E-state index in [4.69, 9.17) is 25.8 Å². The van der Waals surface area contributed by atoms with E-state index in [9.17, 15) is 4.39 Å². The normalized spacial score (nSPS) is 14.5. The number of methoxy groups -OCH3 is 1. The van der Waals surface area contributed by atoms with Gasteiger partial charge in [-0.1, -0.05) is 11.6 Å². The van der Waals surface area contributed by atoms with Crippen LogP contribution in [0.2, 0.25) is 5.02 Å². The zero-order chi connectivity index (χ0) is 24.1. The molecule has 1 aliphatic rings. The summed E-state index contributed by atoms with van der Waals surface area (Å²) in [6.45, 7) is 9.22. The highest BCUT2D eigenvalue weighted by Gasteiger charge is 2.21. The molecular formula is C25H31ClFN4O3+. The summed E-state index contributed by atoms with van der Waals surface area (Å²) < 4.78 is 32.9. The molecule has 1 fully saturated rings. The highest BCUT2D eigenvalue weighted by Crippen LogP contribution is 2.35. The van der Waals surface area contributed by atoms with E-state index in [1.807, 2.05) is 12.1 Å². The van der Waals surface area contributed by atoms with Crippen molar-refractivity contribution in [1.82, 2.24) is 9.88 Å². The van der Waals surface area contributed by atoms with Crippen molar-refractivity contribution in [2.45, 2.75) is 26.3 Å². The van der Waals surface area contributed by atoms with Gasteiger partial charge in [-0.25, -0.2) is 8.96 Å². The number of hydrogen-bond acceptors (Lipinski definition) is 6. The molecule has 7 nitrogen and oxygen atoms in total. The zero-order valence-corrected chi connectivity index (χ0v) is 20.6. The molecule has 9 heteroatoms. The average Bonchev–Trinajstić information content (AvgIpc) is 2.84. The summed E-state index contributed by atoms with van der Waals surface area (Å²) in [5.74, 6) is 1.47. The summed E-state index contributed by atoms with van der Waals surface area (Å²) in [6.07, 6.45) is 2.68. The van der Waals surface area contributed by atoms with Gasteiger partial charge in [0.1, 0.15) is 11.3 Å². The lowest BCUT2D eigenvalue weighted by Crippen LogP contribution is -2.37. The van der Waals surface area contributed by atoms with Gasteiger partial charge in [-0.3, -0.25) is 4.90 Å². The van der Waals surface area contributed by atoms with E-state index in [2.05, 4.69) is 33.6 Å². The number of benzene rings is 2. The van der Waals surface area contributed by atoms with E-state index in [0.717, 1.165) is 50.2 Å². The van der Waals surface area contributed by atoms with Crippen LogP contribution in [0.3, 0.4) is 0 Å². The van der Waals surface area contributed by atoms with Crippen molar-refractivity contribution in [3.05, 3.63) is 47.5 Å². The number of hydrogen-bond donors (Lipinski definition) is 1. The zero-order valence-electron chi connectivity index (χ0n) is 19.8. The number of anilines is 2. The molecule has 0 saturated carbocycles. The molecule has 1 aliphatic heterocycles. The van der Waals surface area contributed by atoms with Gasteiger partial charge in [0.25, 0.3) is 12.1 Å². The van der Waals surface area contributed by atoms with Gasteiger partial charge in [-0.05, 0) is 43.5 Å². The summed E-state index contributed by atoms with van der Waals surface area (Å²) in [5, 5.41) is 4.18. The number of rotatable bonds is 9. The fourth-order valence-corrected chi connectivity index (χ4v) is 4.17. The van der Waals surface area contributed by atoms with Crippen molar-refractivity contribution in [3.8, 4) is 11.5 Å². The first-order chi connectivity index (χ1) is 16.5.